The maximum Gasteiger partial charge on any atom is 0.148 e. The van der Waals surface area contributed by atoms with Gasteiger partial charge < -0.3 is 14.5 Å². The Morgan fingerprint density at radius 2 is 0.798 bits per heavy atom. The lowest BCUT2D eigenvalue weighted by molar-refractivity contribution is 0.269. The zero-order valence-electron chi connectivity index (χ0n) is 48.0. The van der Waals surface area contributed by atoms with E-state index >= 15 is 8.78 Å². The lowest BCUT2D eigenvalue weighted by Gasteiger charge is -2.34. The number of hydrogen-bond donors (Lipinski definition) is 0. The average molecular weight is 1090 g/mol. The summed E-state index contributed by atoms with van der Waals surface area (Å²) in [4.78, 5) is 4.77. The van der Waals surface area contributed by atoms with E-state index in [2.05, 4.69) is 233 Å². The fraction of sp³-hybridized carbons (Fsp3) is 0.139. The van der Waals surface area contributed by atoms with Gasteiger partial charge in [0.15, 0.2) is 0 Å². The van der Waals surface area contributed by atoms with Crippen LogP contribution >= 0.6 is 0 Å². The van der Waals surface area contributed by atoms with Crippen LogP contribution in [-0.4, -0.2) is 6.10 Å². The Labute approximate surface area is 491 Å². The number of halogens is 2. The molecule has 4 aliphatic rings. The van der Waals surface area contributed by atoms with Crippen LogP contribution in [0.1, 0.15) is 86.4 Å². The Hall–Kier alpha value is -9.58. The summed E-state index contributed by atoms with van der Waals surface area (Å²) in [5.74, 6) is 0.220. The summed E-state index contributed by atoms with van der Waals surface area (Å²) in [5, 5.41) is 2.23. The number of benzene rings is 11. The molecule has 0 bridgehead atoms. The van der Waals surface area contributed by atoms with Crippen molar-refractivity contribution in [2.24, 2.45) is 0 Å². The Morgan fingerprint density at radius 3 is 1.30 bits per heavy atom. The first-order valence-electron chi connectivity index (χ1n) is 29.3. The highest BCUT2D eigenvalue weighted by Crippen LogP contribution is 2.69. The van der Waals surface area contributed by atoms with Crippen LogP contribution in [0.25, 0.3) is 55.3 Å². The zero-order valence-corrected chi connectivity index (χ0v) is 48.0. The van der Waals surface area contributed by atoms with E-state index in [0.29, 0.717) is 11.1 Å². The van der Waals surface area contributed by atoms with E-state index in [1.807, 2.05) is 48.5 Å². The lowest BCUT2D eigenvalue weighted by atomic mass is 9.69. The van der Waals surface area contributed by atoms with E-state index in [4.69, 9.17) is 4.74 Å². The van der Waals surface area contributed by atoms with E-state index in [1.165, 1.54) is 67.8 Å². The molecule has 0 fully saturated rings. The van der Waals surface area contributed by atoms with Crippen LogP contribution in [0.5, 0.6) is 5.75 Å². The maximum atomic E-state index is 15.5. The minimum atomic E-state index is -0.820. The van der Waals surface area contributed by atoms with E-state index in [-0.39, 0.29) is 34.5 Å². The molecule has 2 unspecified atom stereocenters. The van der Waals surface area contributed by atoms with Gasteiger partial charge in [-0.05, 0) is 162 Å². The molecule has 1 aliphatic heterocycles. The smallest absolute Gasteiger partial charge is 0.148 e. The highest BCUT2D eigenvalue weighted by atomic mass is 19.1. The third kappa shape index (κ3) is 7.89. The molecule has 0 N–H and O–H groups in total. The number of ether oxygens (including phenoxy) is 1. The van der Waals surface area contributed by atoms with Gasteiger partial charge >= 0.3 is 0 Å². The summed E-state index contributed by atoms with van der Waals surface area (Å²) in [6.07, 6.45) is 8.58. The lowest BCUT2D eigenvalue weighted by Crippen LogP contribution is -2.27. The van der Waals surface area contributed by atoms with Crippen LogP contribution in [0.2, 0.25) is 0 Å². The first-order valence-corrected chi connectivity index (χ1v) is 29.3. The number of anilines is 6. The van der Waals surface area contributed by atoms with Crippen LogP contribution < -0.4 is 14.5 Å². The Morgan fingerprint density at radius 1 is 0.393 bits per heavy atom. The highest BCUT2D eigenvalue weighted by molar-refractivity contribution is 6.14. The molecule has 0 amide bonds. The average Bonchev–Trinajstić information content (AvgIpc) is 1.54. The van der Waals surface area contributed by atoms with Crippen LogP contribution in [0.3, 0.4) is 0 Å². The van der Waals surface area contributed by atoms with Gasteiger partial charge in [-0.25, -0.2) is 8.78 Å². The van der Waals surface area contributed by atoms with Crippen molar-refractivity contribution in [3.05, 3.63) is 305 Å². The van der Waals surface area contributed by atoms with E-state index in [9.17, 15) is 0 Å². The maximum absolute atomic E-state index is 15.5. The Kier molecular flexibility index (Phi) is 11.8. The molecular weight excluding hydrogens is 1030 g/mol. The molecule has 1 heterocycles. The summed E-state index contributed by atoms with van der Waals surface area (Å²) < 4.78 is 38.5. The summed E-state index contributed by atoms with van der Waals surface area (Å²) in [5.41, 5.74) is 20.8. The Bertz CT molecular complexity index is 4460. The standard InChI is InChI=1S/C79H62F2N2O/c1-77(2,3)51-35-43-55(44-36-51)82(53-39-31-49(32-40-53)57-19-11-16-28-68(57)80)70-47-66-73(62-24-8-7-23-61(62)70)75-67(79(66)64-26-14-9-21-59(64)60-22-10-15-27-65(60)79)48-71(76-74(75)63-25-13-18-30-72(63)84-76)83(56-45-37-52(38-46-56)78(4,5)6)54-41-33-50(34-42-54)58-20-12-17-29-69(58)81/h7-48,63,72H,1-6H3. The molecule has 2 atom stereocenters. The van der Waals surface area contributed by atoms with Gasteiger partial charge in [-0.1, -0.05) is 217 Å². The normalized spacial score (nSPS) is 15.7. The van der Waals surface area contributed by atoms with Crippen molar-refractivity contribution in [2.75, 3.05) is 9.80 Å². The summed E-state index contributed by atoms with van der Waals surface area (Å²) >= 11 is 0. The van der Waals surface area contributed by atoms with Gasteiger partial charge in [0.1, 0.15) is 23.5 Å². The van der Waals surface area contributed by atoms with Crippen molar-refractivity contribution in [1.29, 1.82) is 0 Å². The minimum absolute atomic E-state index is 0.0614. The molecule has 3 aliphatic carbocycles. The van der Waals surface area contributed by atoms with Gasteiger partial charge in [0, 0.05) is 50.7 Å². The van der Waals surface area contributed by atoms with Gasteiger partial charge in [-0.15, -0.1) is 0 Å². The summed E-state index contributed by atoms with van der Waals surface area (Å²) in [6, 6.07) is 80.6. The third-order valence-corrected chi connectivity index (χ3v) is 18.1. The third-order valence-electron chi connectivity index (χ3n) is 18.1. The predicted molar refractivity (Wildman–Crippen MR) is 343 cm³/mol. The van der Waals surface area contributed by atoms with Gasteiger partial charge in [0.05, 0.1) is 16.8 Å². The molecule has 84 heavy (non-hydrogen) atoms. The second-order valence-electron chi connectivity index (χ2n) is 25.0. The molecule has 0 saturated heterocycles. The van der Waals surface area contributed by atoms with Gasteiger partial charge in [-0.3, -0.25) is 0 Å². The van der Waals surface area contributed by atoms with Gasteiger partial charge in [-0.2, -0.15) is 0 Å². The summed E-state index contributed by atoms with van der Waals surface area (Å²) in [6.45, 7) is 13.5. The monoisotopic (exact) mass is 1090 g/mol. The highest BCUT2D eigenvalue weighted by Gasteiger charge is 2.55. The molecule has 0 aromatic heterocycles. The molecule has 408 valence electrons. The van der Waals surface area contributed by atoms with Crippen molar-refractivity contribution < 1.29 is 13.5 Å². The van der Waals surface area contributed by atoms with Crippen LogP contribution in [0.15, 0.2) is 255 Å². The van der Waals surface area contributed by atoms with E-state index in [1.54, 1.807) is 12.1 Å². The number of fused-ring (bicyclic) bond motifs is 16. The Balaban J connectivity index is 1.05. The first-order chi connectivity index (χ1) is 40.8. The molecule has 0 saturated carbocycles. The van der Waals surface area contributed by atoms with E-state index in [0.717, 1.165) is 67.3 Å². The molecule has 15 rings (SSSR count). The number of allylic oxidation sites excluding steroid dienone is 2. The van der Waals surface area contributed by atoms with Crippen LogP contribution in [0, 0.1) is 11.6 Å². The van der Waals surface area contributed by atoms with Gasteiger partial charge in [0.25, 0.3) is 0 Å². The molecular formula is C79H62F2N2O. The number of hydrogen-bond acceptors (Lipinski definition) is 3. The molecule has 0 radical (unpaired) electrons. The molecule has 5 heteroatoms. The van der Waals surface area contributed by atoms with Gasteiger partial charge in [0.2, 0.25) is 0 Å². The zero-order chi connectivity index (χ0) is 57.2. The largest absolute Gasteiger partial charge is 0.483 e. The predicted octanol–water partition coefficient (Wildman–Crippen LogP) is 21.3. The second-order valence-corrected chi connectivity index (χ2v) is 25.0. The SMILES string of the molecule is CC(C)(C)c1ccc(N(c2ccc(-c3ccccc3F)cc2)c2cc3c(c4c2OC2C=CC=CC42)-c2c(cc(N(c4ccc(-c5ccccc5F)cc4)c4ccc(C(C)(C)C)cc4)c4ccccc24)C32c3ccccc3-c3ccccc32)cc1. The van der Waals surface area contributed by atoms with E-state index < -0.39 is 5.41 Å². The fourth-order valence-corrected chi connectivity index (χ4v) is 14.1. The first kappa shape index (κ1) is 51.3. The van der Waals surface area contributed by atoms with Crippen LogP contribution in [0.4, 0.5) is 42.9 Å². The summed E-state index contributed by atoms with van der Waals surface area (Å²) in [7, 11) is 0. The van der Waals surface area contributed by atoms with Crippen molar-refractivity contribution in [1.82, 2.24) is 0 Å². The van der Waals surface area contributed by atoms with Crippen molar-refractivity contribution in [3.63, 3.8) is 0 Å². The quantitative estimate of drug-likeness (QED) is 0.151. The number of rotatable bonds is 8. The van der Waals surface area contributed by atoms with Crippen molar-refractivity contribution in [2.45, 2.75) is 69.8 Å². The topological polar surface area (TPSA) is 15.7 Å². The van der Waals surface area contributed by atoms with Crippen LogP contribution in [-0.2, 0) is 16.2 Å². The molecule has 3 nitrogen and oxygen atoms in total. The number of nitrogens with zero attached hydrogens (tertiary/aromatic N) is 2. The molecule has 11 aromatic carbocycles. The molecule has 1 spiro atoms. The van der Waals surface area contributed by atoms with Crippen molar-refractivity contribution in [3.8, 4) is 50.3 Å². The second kappa shape index (κ2) is 19.3. The van der Waals surface area contributed by atoms with Crippen molar-refractivity contribution >= 4 is 44.9 Å². The minimum Gasteiger partial charge on any atom is -0.483 e. The molecule has 11 aromatic rings. The fourth-order valence-electron chi connectivity index (χ4n) is 14.1.